The van der Waals surface area contributed by atoms with E-state index in [4.69, 9.17) is 4.74 Å². The van der Waals surface area contributed by atoms with Crippen LogP contribution in [0.4, 0.5) is 5.69 Å². The zero-order valence-electron chi connectivity index (χ0n) is 13.9. The highest BCUT2D eigenvalue weighted by atomic mass is 32.2. The van der Waals surface area contributed by atoms with Crippen molar-refractivity contribution >= 4 is 15.7 Å². The van der Waals surface area contributed by atoms with Crippen LogP contribution in [0.15, 0.2) is 24.5 Å². The van der Waals surface area contributed by atoms with Gasteiger partial charge in [0.15, 0.2) is 0 Å². The fraction of sp³-hybridized carbons (Fsp3) is 0.706. The Morgan fingerprint density at radius 3 is 2.67 bits per heavy atom. The number of ether oxygens (including phenoxy) is 1. The first-order chi connectivity index (χ1) is 11.6. The molecule has 3 fully saturated rings. The number of hydrogen-bond acceptors (Lipinski definition) is 5. The van der Waals surface area contributed by atoms with E-state index in [0.717, 1.165) is 51.1 Å². The lowest BCUT2D eigenvalue weighted by Crippen LogP contribution is -2.49. The predicted octanol–water partition coefficient (Wildman–Crippen LogP) is 1.49. The van der Waals surface area contributed by atoms with Crippen LogP contribution in [-0.4, -0.2) is 62.3 Å². The minimum Gasteiger partial charge on any atom is -0.379 e. The van der Waals surface area contributed by atoms with Gasteiger partial charge in [0.2, 0.25) is 10.0 Å². The van der Waals surface area contributed by atoms with Crippen LogP contribution in [0.3, 0.4) is 0 Å². The average Bonchev–Trinajstić information content (AvgIpc) is 3.44. The van der Waals surface area contributed by atoms with Gasteiger partial charge in [0.25, 0.3) is 0 Å². The zero-order valence-corrected chi connectivity index (χ0v) is 14.7. The predicted molar refractivity (Wildman–Crippen MR) is 92.5 cm³/mol. The van der Waals surface area contributed by atoms with E-state index in [1.165, 1.54) is 0 Å². The van der Waals surface area contributed by atoms with Gasteiger partial charge in [0.05, 0.1) is 30.3 Å². The number of anilines is 1. The molecule has 0 bridgehead atoms. The molecule has 3 aliphatic rings. The molecule has 1 spiro atoms. The maximum Gasteiger partial charge on any atom is 0.216 e. The molecule has 132 valence electrons. The number of pyridine rings is 1. The Kier molecular flexibility index (Phi) is 4.26. The summed E-state index contributed by atoms with van der Waals surface area (Å²) in [4.78, 5) is 6.56. The number of piperidine rings is 1. The summed E-state index contributed by atoms with van der Waals surface area (Å²) in [6.45, 7) is 4.46. The van der Waals surface area contributed by atoms with Crippen LogP contribution < -0.4 is 4.90 Å². The van der Waals surface area contributed by atoms with E-state index in [9.17, 15) is 8.42 Å². The van der Waals surface area contributed by atoms with Crippen LogP contribution in [0, 0.1) is 5.41 Å². The Balaban J connectivity index is 1.47. The quantitative estimate of drug-likeness (QED) is 0.826. The second-order valence-electron chi connectivity index (χ2n) is 7.33. The van der Waals surface area contributed by atoms with E-state index in [1.807, 2.05) is 12.3 Å². The standard InChI is InChI=1S/C17H25N3O3S/c21-24(22,16-3-4-16)20-8-5-17(6-9-20)13-19(10-11-23-14-17)15-2-1-7-18-12-15/h1-2,7,12,16H,3-6,8-11,13-14H2. The third-order valence-corrected chi connectivity index (χ3v) is 7.94. The molecular weight excluding hydrogens is 326 g/mol. The van der Waals surface area contributed by atoms with E-state index in [2.05, 4.69) is 16.0 Å². The van der Waals surface area contributed by atoms with Crippen molar-refractivity contribution in [1.29, 1.82) is 0 Å². The summed E-state index contributed by atoms with van der Waals surface area (Å²) in [5.74, 6) is 0. The highest BCUT2D eigenvalue weighted by molar-refractivity contribution is 7.90. The SMILES string of the molecule is O=S(=O)(C1CC1)N1CCC2(CC1)COCCN(c1cccnc1)C2. The number of nitrogens with zero attached hydrogens (tertiary/aromatic N) is 3. The smallest absolute Gasteiger partial charge is 0.216 e. The molecule has 1 saturated carbocycles. The van der Waals surface area contributed by atoms with E-state index in [1.54, 1.807) is 10.5 Å². The first kappa shape index (κ1) is 16.3. The highest BCUT2D eigenvalue weighted by Crippen LogP contribution is 2.39. The summed E-state index contributed by atoms with van der Waals surface area (Å²) < 4.78 is 32.5. The first-order valence-corrected chi connectivity index (χ1v) is 10.3. The van der Waals surface area contributed by atoms with E-state index in [0.29, 0.717) is 19.7 Å². The van der Waals surface area contributed by atoms with Crippen molar-refractivity contribution in [1.82, 2.24) is 9.29 Å². The van der Waals surface area contributed by atoms with Gasteiger partial charge in [-0.25, -0.2) is 12.7 Å². The van der Waals surface area contributed by atoms with Crippen LogP contribution in [0.25, 0.3) is 0 Å². The molecule has 7 heteroatoms. The van der Waals surface area contributed by atoms with Crippen LogP contribution in [-0.2, 0) is 14.8 Å². The molecule has 0 amide bonds. The monoisotopic (exact) mass is 351 g/mol. The van der Waals surface area contributed by atoms with Crippen LogP contribution in [0.2, 0.25) is 0 Å². The topological polar surface area (TPSA) is 62.7 Å². The van der Waals surface area contributed by atoms with Gasteiger partial charge in [0, 0.05) is 37.8 Å². The minimum absolute atomic E-state index is 0.0436. The maximum absolute atomic E-state index is 12.4. The van der Waals surface area contributed by atoms with Gasteiger partial charge < -0.3 is 9.64 Å². The number of sulfonamides is 1. The van der Waals surface area contributed by atoms with Crippen LogP contribution in [0.5, 0.6) is 0 Å². The van der Waals surface area contributed by atoms with Gasteiger partial charge in [-0.05, 0) is 37.8 Å². The summed E-state index contributed by atoms with van der Waals surface area (Å²) in [6.07, 6.45) is 7.09. The third kappa shape index (κ3) is 3.17. The Morgan fingerprint density at radius 2 is 2.00 bits per heavy atom. The van der Waals surface area contributed by atoms with Crippen molar-refractivity contribution in [3.05, 3.63) is 24.5 Å². The lowest BCUT2D eigenvalue weighted by molar-refractivity contribution is 0.0374. The Labute approximate surface area is 143 Å². The average molecular weight is 351 g/mol. The molecular formula is C17H25N3O3S. The normalized spacial score (nSPS) is 25.6. The van der Waals surface area contributed by atoms with E-state index < -0.39 is 10.0 Å². The highest BCUT2D eigenvalue weighted by Gasteiger charge is 2.45. The van der Waals surface area contributed by atoms with Gasteiger partial charge in [-0.2, -0.15) is 0 Å². The third-order valence-electron chi connectivity index (χ3n) is 5.54. The van der Waals surface area contributed by atoms with Gasteiger partial charge in [-0.3, -0.25) is 4.98 Å². The molecule has 6 nitrogen and oxygen atoms in total. The Hall–Kier alpha value is -1.18. The summed E-state index contributed by atoms with van der Waals surface area (Å²) in [6, 6.07) is 4.04. The van der Waals surface area contributed by atoms with Gasteiger partial charge in [-0.1, -0.05) is 0 Å². The first-order valence-electron chi connectivity index (χ1n) is 8.81. The molecule has 1 aromatic rings. The second kappa shape index (κ2) is 6.28. The number of hydrogen-bond donors (Lipinski definition) is 0. The molecule has 4 rings (SSSR count). The van der Waals surface area contributed by atoms with Gasteiger partial charge in [-0.15, -0.1) is 0 Å². The molecule has 0 atom stereocenters. The van der Waals surface area contributed by atoms with Crippen LogP contribution in [0.1, 0.15) is 25.7 Å². The molecule has 2 aliphatic heterocycles. The fourth-order valence-corrected chi connectivity index (χ4v) is 5.69. The van der Waals surface area contributed by atoms with Crippen molar-refractivity contribution in [3.8, 4) is 0 Å². The van der Waals surface area contributed by atoms with Gasteiger partial charge >= 0.3 is 0 Å². The van der Waals surface area contributed by atoms with E-state index >= 15 is 0 Å². The molecule has 1 aromatic heterocycles. The second-order valence-corrected chi connectivity index (χ2v) is 9.54. The summed E-state index contributed by atoms with van der Waals surface area (Å²) in [7, 11) is -3.05. The molecule has 2 saturated heterocycles. The minimum atomic E-state index is -3.05. The number of aromatic nitrogens is 1. The van der Waals surface area contributed by atoms with Crippen molar-refractivity contribution in [3.63, 3.8) is 0 Å². The lowest BCUT2D eigenvalue weighted by atomic mass is 9.79. The summed E-state index contributed by atoms with van der Waals surface area (Å²) >= 11 is 0. The molecule has 3 heterocycles. The maximum atomic E-state index is 12.4. The molecule has 1 aliphatic carbocycles. The largest absolute Gasteiger partial charge is 0.379 e. The Bertz CT molecular complexity index is 668. The lowest BCUT2D eigenvalue weighted by Gasteiger charge is -2.42. The Morgan fingerprint density at radius 1 is 1.21 bits per heavy atom. The van der Waals surface area contributed by atoms with Gasteiger partial charge in [0.1, 0.15) is 0 Å². The molecule has 24 heavy (non-hydrogen) atoms. The van der Waals surface area contributed by atoms with Crippen molar-refractivity contribution in [2.75, 3.05) is 44.3 Å². The molecule has 0 aromatic carbocycles. The zero-order chi connectivity index (χ0) is 16.6. The number of rotatable bonds is 3. The van der Waals surface area contributed by atoms with Crippen molar-refractivity contribution in [2.24, 2.45) is 5.41 Å². The molecule has 0 unspecified atom stereocenters. The molecule has 0 N–H and O–H groups in total. The van der Waals surface area contributed by atoms with Crippen molar-refractivity contribution < 1.29 is 13.2 Å². The van der Waals surface area contributed by atoms with Crippen molar-refractivity contribution in [2.45, 2.75) is 30.9 Å². The van der Waals surface area contributed by atoms with E-state index in [-0.39, 0.29) is 10.7 Å². The summed E-state index contributed by atoms with van der Waals surface area (Å²) in [5, 5.41) is -0.108. The fourth-order valence-electron chi connectivity index (χ4n) is 3.85. The molecule has 0 radical (unpaired) electrons. The summed E-state index contributed by atoms with van der Waals surface area (Å²) in [5.41, 5.74) is 1.16. The van der Waals surface area contributed by atoms with Crippen LogP contribution >= 0.6 is 0 Å².